The van der Waals surface area contributed by atoms with Gasteiger partial charge in [0.25, 0.3) is 0 Å². The third kappa shape index (κ3) is 5.79. The number of nitrogens with two attached hydrogens (primary N) is 1. The lowest BCUT2D eigenvalue weighted by Crippen LogP contribution is -2.52. The van der Waals surface area contributed by atoms with Crippen LogP contribution in [0.4, 0.5) is 23.5 Å². The van der Waals surface area contributed by atoms with Gasteiger partial charge in [-0.25, -0.2) is 0 Å². The van der Waals surface area contributed by atoms with Crippen molar-refractivity contribution in [2.45, 2.75) is 82.8 Å². The lowest BCUT2D eigenvalue weighted by atomic mass is 9.97. The average Bonchev–Trinajstić information content (AvgIpc) is 3.20. The van der Waals surface area contributed by atoms with E-state index in [2.05, 4.69) is 32.4 Å². The van der Waals surface area contributed by atoms with Crippen LogP contribution in [0.1, 0.15) is 64.7 Å². The van der Waals surface area contributed by atoms with Gasteiger partial charge in [-0.05, 0) is 56.8 Å². The van der Waals surface area contributed by atoms with Crippen molar-refractivity contribution in [1.82, 2.24) is 20.3 Å². The normalized spacial score (nSPS) is 20.3. The van der Waals surface area contributed by atoms with Gasteiger partial charge in [0.05, 0.1) is 12.1 Å². The summed E-state index contributed by atoms with van der Waals surface area (Å²) in [4.78, 5) is 16.3. The Hall–Kier alpha value is -2.32. The number of ether oxygens (including phenoxy) is 1. The van der Waals surface area contributed by atoms with Crippen LogP contribution in [0, 0.1) is 0 Å². The zero-order valence-electron chi connectivity index (χ0n) is 19.7. The molecule has 4 rings (SSSR count). The number of halogens is 1. The Morgan fingerprint density at radius 2 is 1.94 bits per heavy atom. The monoisotopic (exact) mass is 473 g/mol. The van der Waals surface area contributed by atoms with Gasteiger partial charge in [-0.3, -0.25) is 0 Å². The Morgan fingerprint density at radius 3 is 2.58 bits per heavy atom. The maximum atomic E-state index is 6.30. The summed E-state index contributed by atoms with van der Waals surface area (Å²) in [5, 5.41) is 7.48. The lowest BCUT2D eigenvalue weighted by molar-refractivity contribution is 0.380. The molecule has 0 spiro atoms. The fourth-order valence-corrected chi connectivity index (χ4v) is 5.52. The van der Waals surface area contributed by atoms with Crippen LogP contribution in [0.2, 0.25) is 5.02 Å². The van der Waals surface area contributed by atoms with Crippen molar-refractivity contribution in [3.05, 3.63) is 23.2 Å². The van der Waals surface area contributed by atoms with Crippen LogP contribution in [0.5, 0.6) is 5.75 Å². The van der Waals surface area contributed by atoms with Gasteiger partial charge in [0.2, 0.25) is 17.8 Å². The second-order valence-corrected chi connectivity index (χ2v) is 9.43. The summed E-state index contributed by atoms with van der Waals surface area (Å²) < 4.78 is 5.25. The highest BCUT2D eigenvalue weighted by Crippen LogP contribution is 2.32. The topological polar surface area (TPSA) is 101 Å². The second-order valence-electron chi connectivity index (χ2n) is 9.02. The van der Waals surface area contributed by atoms with Gasteiger partial charge in [-0.2, -0.15) is 15.0 Å². The molecule has 9 heteroatoms. The highest BCUT2D eigenvalue weighted by molar-refractivity contribution is 6.32. The Balaban J connectivity index is 1.67. The second kappa shape index (κ2) is 11.2. The molecule has 2 unspecified atom stereocenters. The Morgan fingerprint density at radius 1 is 1.15 bits per heavy atom. The molecule has 1 aliphatic carbocycles. The number of hydrogen-bond donors (Lipinski definition) is 3. The smallest absolute Gasteiger partial charge is 0.233 e. The maximum absolute atomic E-state index is 6.30. The minimum Gasteiger partial charge on any atom is -0.495 e. The summed E-state index contributed by atoms with van der Waals surface area (Å²) in [7, 11) is 1.60. The van der Waals surface area contributed by atoms with Crippen LogP contribution in [0.25, 0.3) is 0 Å². The molecule has 1 saturated heterocycles. The van der Waals surface area contributed by atoms with E-state index in [4.69, 9.17) is 27.1 Å². The lowest BCUT2D eigenvalue weighted by Gasteiger charge is -2.40. The van der Waals surface area contributed by atoms with Gasteiger partial charge in [-0.15, -0.1) is 0 Å². The number of methoxy groups -OCH3 is 1. The molecular weight excluding hydrogens is 438 g/mol. The summed E-state index contributed by atoms with van der Waals surface area (Å²) >= 11 is 6.30. The van der Waals surface area contributed by atoms with E-state index in [9.17, 15) is 0 Å². The van der Waals surface area contributed by atoms with Gasteiger partial charge in [0.15, 0.2) is 0 Å². The van der Waals surface area contributed by atoms with Crippen LogP contribution in [0.3, 0.4) is 0 Å². The molecule has 1 aromatic heterocycles. The third-order valence-electron chi connectivity index (χ3n) is 6.84. The fourth-order valence-electron chi connectivity index (χ4n) is 5.26. The SMILES string of the molecule is CCC(C1CCCN1)N(c1nc(N)nc(Nc2ccc(OC)c(Cl)c2)n1)C1CCCCCC1. The zero-order valence-corrected chi connectivity index (χ0v) is 20.4. The zero-order chi connectivity index (χ0) is 23.2. The molecule has 2 atom stereocenters. The number of rotatable bonds is 8. The van der Waals surface area contributed by atoms with Crippen molar-refractivity contribution in [3.63, 3.8) is 0 Å². The van der Waals surface area contributed by atoms with Gasteiger partial charge in [-0.1, -0.05) is 44.2 Å². The molecule has 2 aromatic rings. The number of anilines is 4. The summed E-state index contributed by atoms with van der Waals surface area (Å²) in [5.74, 6) is 1.92. The van der Waals surface area contributed by atoms with Gasteiger partial charge >= 0.3 is 0 Å². The first-order valence-corrected chi connectivity index (χ1v) is 12.6. The molecule has 8 nitrogen and oxygen atoms in total. The molecule has 0 amide bonds. The molecule has 2 fully saturated rings. The highest BCUT2D eigenvalue weighted by atomic mass is 35.5. The van der Waals surface area contributed by atoms with Gasteiger partial charge in [0, 0.05) is 23.8 Å². The molecule has 1 saturated carbocycles. The van der Waals surface area contributed by atoms with Crippen LogP contribution >= 0.6 is 11.6 Å². The quantitative estimate of drug-likeness (QED) is 0.464. The van der Waals surface area contributed by atoms with E-state index in [1.165, 1.54) is 38.5 Å². The largest absolute Gasteiger partial charge is 0.495 e. The van der Waals surface area contributed by atoms with Crippen molar-refractivity contribution in [2.24, 2.45) is 0 Å². The van der Waals surface area contributed by atoms with Gasteiger partial charge < -0.3 is 26.0 Å². The van der Waals surface area contributed by atoms with Crippen LogP contribution in [-0.4, -0.2) is 46.7 Å². The van der Waals surface area contributed by atoms with E-state index in [0.717, 1.165) is 31.5 Å². The van der Waals surface area contributed by atoms with E-state index < -0.39 is 0 Å². The molecule has 0 bridgehead atoms. The van der Waals surface area contributed by atoms with Crippen LogP contribution in [-0.2, 0) is 0 Å². The Kier molecular flexibility index (Phi) is 8.09. The molecule has 1 aromatic carbocycles. The van der Waals surface area contributed by atoms with Gasteiger partial charge in [0.1, 0.15) is 5.75 Å². The molecule has 0 radical (unpaired) electrons. The predicted octanol–water partition coefficient (Wildman–Crippen LogP) is 4.92. The minimum atomic E-state index is 0.218. The summed E-state index contributed by atoms with van der Waals surface area (Å²) in [6, 6.07) is 6.65. The maximum Gasteiger partial charge on any atom is 0.233 e. The average molecular weight is 474 g/mol. The van der Waals surface area contributed by atoms with Crippen molar-refractivity contribution >= 4 is 35.1 Å². The predicted molar refractivity (Wildman–Crippen MR) is 135 cm³/mol. The standard InChI is InChI=1S/C24H36ClN7O/c1-3-20(19-11-8-14-27-19)32(17-9-6-4-5-7-10-17)24-30-22(26)29-23(31-24)28-16-12-13-21(33-2)18(25)15-16/h12-13,15,17,19-20,27H,3-11,14H2,1-2H3,(H3,26,28,29,30,31). The van der Waals surface area contributed by atoms with Crippen molar-refractivity contribution in [2.75, 3.05) is 29.6 Å². The molecule has 180 valence electrons. The number of nitrogen functional groups attached to an aromatic ring is 1. The molecule has 4 N–H and O–H groups in total. The Bertz CT molecular complexity index is 914. The van der Waals surface area contributed by atoms with E-state index in [1.807, 2.05) is 12.1 Å². The molecule has 2 heterocycles. The highest BCUT2D eigenvalue weighted by Gasteiger charge is 2.35. The first-order chi connectivity index (χ1) is 16.1. The summed E-state index contributed by atoms with van der Waals surface area (Å²) in [6.45, 7) is 3.33. The molecular formula is C24H36ClN7O. The van der Waals surface area contributed by atoms with E-state index in [-0.39, 0.29) is 5.95 Å². The number of nitrogens with zero attached hydrogens (tertiary/aromatic N) is 4. The first kappa shape index (κ1) is 23.8. The fraction of sp³-hybridized carbons (Fsp3) is 0.625. The molecule has 2 aliphatic rings. The number of benzene rings is 1. The Labute approximate surface area is 201 Å². The van der Waals surface area contributed by atoms with Crippen LogP contribution < -0.4 is 26.0 Å². The number of nitrogens with one attached hydrogen (secondary N) is 2. The number of aromatic nitrogens is 3. The minimum absolute atomic E-state index is 0.218. The van der Waals surface area contributed by atoms with Crippen molar-refractivity contribution < 1.29 is 4.74 Å². The molecule has 1 aliphatic heterocycles. The van der Waals surface area contributed by atoms with E-state index in [1.54, 1.807) is 13.2 Å². The summed E-state index contributed by atoms with van der Waals surface area (Å²) in [5.41, 5.74) is 6.96. The van der Waals surface area contributed by atoms with E-state index >= 15 is 0 Å². The number of hydrogen-bond acceptors (Lipinski definition) is 8. The first-order valence-electron chi connectivity index (χ1n) is 12.2. The third-order valence-corrected chi connectivity index (χ3v) is 7.13. The van der Waals surface area contributed by atoms with Crippen molar-refractivity contribution in [3.8, 4) is 5.75 Å². The molecule has 33 heavy (non-hydrogen) atoms. The van der Waals surface area contributed by atoms with Crippen molar-refractivity contribution in [1.29, 1.82) is 0 Å². The van der Waals surface area contributed by atoms with E-state index in [0.29, 0.717) is 40.8 Å². The van der Waals surface area contributed by atoms with Crippen LogP contribution in [0.15, 0.2) is 18.2 Å². The summed E-state index contributed by atoms with van der Waals surface area (Å²) in [6.07, 6.45) is 10.8.